The van der Waals surface area contributed by atoms with E-state index in [-0.39, 0.29) is 5.41 Å². The van der Waals surface area contributed by atoms with Crippen LogP contribution in [0.3, 0.4) is 0 Å². The van der Waals surface area contributed by atoms with Gasteiger partial charge in [0, 0.05) is 30.9 Å². The van der Waals surface area contributed by atoms with E-state index in [4.69, 9.17) is 16.2 Å². The Morgan fingerprint density at radius 2 is 2.12 bits per heavy atom. The zero-order valence-corrected chi connectivity index (χ0v) is 18.7. The molecule has 0 aliphatic heterocycles. The van der Waals surface area contributed by atoms with E-state index in [1.807, 2.05) is 12.1 Å². The second kappa shape index (κ2) is 9.21. The number of allylic oxidation sites excluding steroid dienone is 1. The average Bonchev–Trinajstić information content (AvgIpc) is 2.79. The van der Waals surface area contributed by atoms with E-state index in [1.54, 1.807) is 13.3 Å². The number of rotatable bonds is 9. The maximum absolute atomic E-state index is 9.57. The van der Waals surface area contributed by atoms with Crippen LogP contribution in [0.25, 0.3) is 0 Å². The summed E-state index contributed by atoms with van der Waals surface area (Å²) >= 11 is 0. The number of aliphatic imine (C=N–C) groups is 1. The number of hydrogen-bond donors (Lipinski definition) is 4. The summed E-state index contributed by atoms with van der Waals surface area (Å²) in [6, 6.07) is 6.25. The number of methoxy groups -OCH3 is 1. The zero-order valence-electron chi connectivity index (χ0n) is 18.7. The highest BCUT2D eigenvalue weighted by atomic mass is 16.5. The molecule has 1 aromatic heterocycles. The fourth-order valence-corrected chi connectivity index (χ4v) is 6.11. The molecular weight excluding hydrogens is 402 g/mol. The summed E-state index contributed by atoms with van der Waals surface area (Å²) in [6.07, 6.45) is 9.25. The lowest BCUT2D eigenvalue weighted by Crippen LogP contribution is -2.59. The Hall–Kier alpha value is -3.05. The monoisotopic (exact) mass is 435 g/mol. The number of nitrogens with two attached hydrogens (primary N) is 2. The van der Waals surface area contributed by atoms with Crippen LogP contribution in [0.4, 0.5) is 0 Å². The summed E-state index contributed by atoms with van der Waals surface area (Å²) in [5.41, 5.74) is 14.1. The quantitative estimate of drug-likeness (QED) is 0.345. The molecule has 0 amide bonds. The molecule has 8 heteroatoms. The molecule has 4 fully saturated rings. The SMILES string of the molecule is C=C(/N=C\C(C#N)=C(/N)NC[C@]12CC3C[C@H](C1)[C@@H](N)[C@@H](C3)C2)NCc1cccnc1OC. The molecule has 4 aliphatic rings. The number of hydrogen-bond acceptors (Lipinski definition) is 8. The van der Waals surface area contributed by atoms with Crippen molar-refractivity contribution in [2.75, 3.05) is 13.7 Å². The van der Waals surface area contributed by atoms with E-state index in [0.717, 1.165) is 30.9 Å². The fraction of sp³-hybridized carbons (Fsp3) is 0.542. The van der Waals surface area contributed by atoms with E-state index in [9.17, 15) is 5.26 Å². The van der Waals surface area contributed by atoms with Gasteiger partial charge in [-0.3, -0.25) is 0 Å². The van der Waals surface area contributed by atoms with Gasteiger partial charge in [-0.25, -0.2) is 9.98 Å². The van der Waals surface area contributed by atoms with Gasteiger partial charge >= 0.3 is 0 Å². The number of ether oxygens (including phenoxy) is 1. The number of aromatic nitrogens is 1. The van der Waals surface area contributed by atoms with Crippen molar-refractivity contribution in [2.24, 2.45) is 39.6 Å². The van der Waals surface area contributed by atoms with Gasteiger partial charge in [-0.15, -0.1) is 0 Å². The van der Waals surface area contributed by atoms with Gasteiger partial charge in [0.05, 0.1) is 13.3 Å². The minimum atomic E-state index is 0.253. The van der Waals surface area contributed by atoms with E-state index in [0.29, 0.717) is 47.5 Å². The molecule has 5 rings (SSSR count). The Morgan fingerprint density at radius 1 is 1.38 bits per heavy atom. The van der Waals surface area contributed by atoms with Crippen LogP contribution in [0.1, 0.15) is 37.7 Å². The molecule has 170 valence electrons. The zero-order chi connectivity index (χ0) is 22.7. The molecule has 4 saturated carbocycles. The van der Waals surface area contributed by atoms with Crippen LogP contribution in [0.5, 0.6) is 5.88 Å². The van der Waals surface area contributed by atoms with Crippen LogP contribution in [-0.4, -0.2) is 30.9 Å². The molecule has 1 heterocycles. The van der Waals surface area contributed by atoms with E-state index >= 15 is 0 Å². The molecule has 8 nitrogen and oxygen atoms in total. The number of nitrogens with one attached hydrogen (secondary N) is 2. The first kappa shape index (κ1) is 22.2. The minimum Gasteiger partial charge on any atom is -0.481 e. The minimum absolute atomic E-state index is 0.253. The Morgan fingerprint density at radius 3 is 2.81 bits per heavy atom. The molecule has 6 N–H and O–H groups in total. The molecule has 4 bridgehead atoms. The first-order chi connectivity index (χ1) is 15.4. The summed E-state index contributed by atoms with van der Waals surface area (Å²) < 4.78 is 5.24. The highest BCUT2D eigenvalue weighted by Gasteiger charge is 2.54. The van der Waals surface area contributed by atoms with Gasteiger partial charge in [-0.2, -0.15) is 5.26 Å². The third-order valence-electron chi connectivity index (χ3n) is 7.41. The first-order valence-electron chi connectivity index (χ1n) is 11.3. The third kappa shape index (κ3) is 4.58. The predicted molar refractivity (Wildman–Crippen MR) is 124 cm³/mol. The molecule has 0 aromatic carbocycles. The third-order valence-corrected chi connectivity index (χ3v) is 7.41. The van der Waals surface area contributed by atoms with Gasteiger partial charge in [0.15, 0.2) is 0 Å². The van der Waals surface area contributed by atoms with Crippen LogP contribution in [-0.2, 0) is 6.54 Å². The molecule has 0 spiro atoms. The van der Waals surface area contributed by atoms with Crippen molar-refractivity contribution < 1.29 is 4.74 Å². The molecule has 1 unspecified atom stereocenters. The molecule has 4 aliphatic carbocycles. The van der Waals surface area contributed by atoms with Crippen molar-refractivity contribution in [1.82, 2.24) is 15.6 Å². The number of nitrogens with zero attached hydrogens (tertiary/aromatic N) is 3. The number of nitriles is 1. The lowest BCUT2D eigenvalue weighted by Gasteiger charge is -2.59. The van der Waals surface area contributed by atoms with Crippen molar-refractivity contribution in [3.63, 3.8) is 0 Å². The first-order valence-corrected chi connectivity index (χ1v) is 11.3. The lowest BCUT2D eigenvalue weighted by molar-refractivity contribution is -0.0643. The number of pyridine rings is 1. The maximum Gasteiger partial charge on any atom is 0.218 e. The van der Waals surface area contributed by atoms with E-state index in [2.05, 4.69) is 33.3 Å². The van der Waals surface area contributed by atoms with Gasteiger partial charge in [0.25, 0.3) is 0 Å². The molecule has 32 heavy (non-hydrogen) atoms. The van der Waals surface area contributed by atoms with Crippen LogP contribution in [0.2, 0.25) is 0 Å². The molecular formula is C24H33N7O. The van der Waals surface area contributed by atoms with Gasteiger partial charge in [0.2, 0.25) is 5.88 Å². The van der Waals surface area contributed by atoms with Gasteiger partial charge in [0.1, 0.15) is 23.3 Å². The molecule has 1 aromatic rings. The van der Waals surface area contributed by atoms with Crippen LogP contribution >= 0.6 is 0 Å². The fourth-order valence-electron chi connectivity index (χ4n) is 6.11. The van der Waals surface area contributed by atoms with Crippen molar-refractivity contribution >= 4 is 6.21 Å². The summed E-state index contributed by atoms with van der Waals surface area (Å²) in [5.74, 6) is 3.40. The van der Waals surface area contributed by atoms with Gasteiger partial charge in [-0.1, -0.05) is 12.6 Å². The maximum atomic E-state index is 9.57. The second-order valence-electron chi connectivity index (χ2n) is 9.57. The Kier molecular flexibility index (Phi) is 6.38. The van der Waals surface area contributed by atoms with Crippen molar-refractivity contribution in [2.45, 2.75) is 44.7 Å². The van der Waals surface area contributed by atoms with Crippen LogP contribution < -0.4 is 26.8 Å². The standard InChI is InChI=1S/C24H33N7O/c1-15(29-12-17-4-3-5-28-23(17)32-2)30-13-20(11-25)22(27)31-14-24-8-16-6-18(9-24)21(26)19(7-16)10-24/h3-5,13,16,18-19,21,29,31H,1,6-10,12,14,26-27H2,2H3/b22-20+,30-13-/t16?,18-,19+,21-,24-. The average molecular weight is 436 g/mol. The molecule has 0 saturated heterocycles. The predicted octanol–water partition coefficient (Wildman–Crippen LogP) is 2.16. The van der Waals surface area contributed by atoms with Gasteiger partial charge < -0.3 is 26.8 Å². The summed E-state index contributed by atoms with van der Waals surface area (Å²) in [6.45, 7) is 5.14. The Bertz CT molecular complexity index is 947. The van der Waals surface area contributed by atoms with E-state index < -0.39 is 0 Å². The normalized spacial score (nSPS) is 31.2. The Balaban J connectivity index is 1.33. The van der Waals surface area contributed by atoms with Crippen LogP contribution in [0, 0.1) is 34.5 Å². The highest BCUT2D eigenvalue weighted by molar-refractivity contribution is 5.85. The topological polar surface area (TPSA) is 134 Å². The summed E-state index contributed by atoms with van der Waals surface area (Å²) in [5, 5.41) is 16.0. The van der Waals surface area contributed by atoms with E-state index in [1.165, 1.54) is 25.5 Å². The largest absolute Gasteiger partial charge is 0.481 e. The molecule has 0 radical (unpaired) electrons. The Labute approximate surface area is 189 Å². The van der Waals surface area contributed by atoms with Crippen molar-refractivity contribution in [3.8, 4) is 11.9 Å². The van der Waals surface area contributed by atoms with Crippen molar-refractivity contribution in [3.05, 3.63) is 47.7 Å². The van der Waals surface area contributed by atoms with Crippen LogP contribution in [0.15, 0.2) is 47.1 Å². The summed E-state index contributed by atoms with van der Waals surface area (Å²) in [7, 11) is 1.58. The smallest absolute Gasteiger partial charge is 0.218 e. The van der Waals surface area contributed by atoms with Gasteiger partial charge in [-0.05, 0) is 61.3 Å². The second-order valence-corrected chi connectivity index (χ2v) is 9.57. The lowest BCUT2D eigenvalue weighted by atomic mass is 9.48. The summed E-state index contributed by atoms with van der Waals surface area (Å²) in [4.78, 5) is 8.43. The molecule has 5 atom stereocenters. The highest BCUT2D eigenvalue weighted by Crippen LogP contribution is 2.59. The van der Waals surface area contributed by atoms with Crippen molar-refractivity contribution in [1.29, 1.82) is 5.26 Å².